The second kappa shape index (κ2) is 14.5. The zero-order valence-corrected chi connectivity index (χ0v) is 35.7. The largest absolute Gasteiger partial charge is 0.238 e. The van der Waals surface area contributed by atoms with Gasteiger partial charge in [-0.05, 0) is 152 Å². The van der Waals surface area contributed by atoms with Crippen molar-refractivity contribution in [1.82, 2.24) is 0 Å². The minimum Gasteiger partial charge on any atom is -0.238 e. The highest BCUT2D eigenvalue weighted by Gasteiger charge is 2.20. The lowest BCUT2D eigenvalue weighted by atomic mass is 9.83. The molecule has 13 rings (SSSR count). The summed E-state index contributed by atoms with van der Waals surface area (Å²) in [4.78, 5) is 7.30. The second-order valence-corrected chi connectivity index (χ2v) is 18.0. The lowest BCUT2D eigenvalue weighted by molar-refractivity contribution is 1.58. The molecule has 0 unspecified atom stereocenters. The van der Waals surface area contributed by atoms with E-state index in [1.165, 1.54) is 101 Å². The Bertz CT molecular complexity index is 4110. The van der Waals surface area contributed by atoms with E-state index in [0.717, 1.165) is 27.8 Å². The van der Waals surface area contributed by atoms with Crippen LogP contribution in [0.15, 0.2) is 206 Å². The van der Waals surface area contributed by atoms with E-state index in [0.29, 0.717) is 11.4 Å². The molecule has 0 fully saturated rings. The predicted molar refractivity (Wildman–Crippen MR) is 279 cm³/mol. The Morgan fingerprint density at radius 1 is 0.277 bits per heavy atom. The molecular formula is C62H34N2S. The number of hydrogen-bond acceptors (Lipinski definition) is 1. The van der Waals surface area contributed by atoms with Crippen molar-refractivity contribution in [2.75, 3.05) is 0 Å². The quantitative estimate of drug-likeness (QED) is 0.0948. The summed E-state index contributed by atoms with van der Waals surface area (Å²) in [5.74, 6) is 0. The lowest BCUT2D eigenvalue weighted by Crippen LogP contribution is -1.92. The number of benzene rings is 12. The van der Waals surface area contributed by atoms with Gasteiger partial charge in [-0.3, -0.25) is 0 Å². The van der Waals surface area contributed by atoms with E-state index in [1.807, 2.05) is 59.9 Å². The van der Waals surface area contributed by atoms with Crippen LogP contribution in [-0.4, -0.2) is 0 Å². The molecule has 0 aliphatic carbocycles. The van der Waals surface area contributed by atoms with Gasteiger partial charge in [0.2, 0.25) is 0 Å². The van der Waals surface area contributed by atoms with Crippen molar-refractivity contribution >= 4 is 108 Å². The fourth-order valence-corrected chi connectivity index (χ4v) is 11.6. The molecule has 13 aromatic rings. The fraction of sp³-hybridized carbons (Fsp3) is 0. The van der Waals surface area contributed by atoms with Gasteiger partial charge in [0, 0.05) is 20.2 Å². The van der Waals surface area contributed by atoms with Gasteiger partial charge in [-0.1, -0.05) is 164 Å². The van der Waals surface area contributed by atoms with Gasteiger partial charge in [-0.15, -0.1) is 11.3 Å². The van der Waals surface area contributed by atoms with Crippen LogP contribution in [-0.2, 0) is 0 Å². The van der Waals surface area contributed by atoms with Gasteiger partial charge < -0.3 is 0 Å². The molecule has 0 atom stereocenters. The van der Waals surface area contributed by atoms with Crippen molar-refractivity contribution in [3.8, 4) is 44.5 Å². The highest BCUT2D eigenvalue weighted by molar-refractivity contribution is 7.26. The van der Waals surface area contributed by atoms with Crippen LogP contribution < -0.4 is 0 Å². The summed E-state index contributed by atoms with van der Waals surface area (Å²) in [7, 11) is 0. The topological polar surface area (TPSA) is 8.72 Å². The van der Waals surface area contributed by atoms with E-state index in [9.17, 15) is 0 Å². The van der Waals surface area contributed by atoms with Crippen molar-refractivity contribution in [3.05, 3.63) is 229 Å². The maximum atomic E-state index is 7.55. The number of rotatable bonds is 4. The number of thiophene rings is 1. The van der Waals surface area contributed by atoms with Crippen molar-refractivity contribution in [1.29, 1.82) is 0 Å². The van der Waals surface area contributed by atoms with Crippen LogP contribution >= 0.6 is 11.3 Å². The summed E-state index contributed by atoms with van der Waals surface area (Å²) in [5, 5.41) is 17.6. The third-order valence-corrected chi connectivity index (χ3v) is 14.5. The molecule has 1 aromatic heterocycles. The molecule has 1 heterocycles. The fourth-order valence-electron chi connectivity index (χ4n) is 10.5. The number of fused-ring (bicyclic) bond motifs is 13. The molecule has 0 aliphatic rings. The van der Waals surface area contributed by atoms with Crippen molar-refractivity contribution in [3.63, 3.8) is 0 Å². The first-order chi connectivity index (χ1) is 32.1. The Balaban J connectivity index is 1.06. The van der Waals surface area contributed by atoms with Gasteiger partial charge in [0.1, 0.15) is 0 Å². The van der Waals surface area contributed by atoms with Crippen LogP contribution in [0.1, 0.15) is 0 Å². The SMILES string of the molecule is [C-]#[N+]c1ccc(-c2cc(-c3ccc([N+]#[C-])cc3)cc(-c3c4ccccc4c(-c4ccc5c(c4)c4ccccc4c4cc6c(cc54)sc4ccc5ccccc5c46)c4ccccc34)c2)cc1. The van der Waals surface area contributed by atoms with Crippen molar-refractivity contribution in [2.24, 2.45) is 0 Å². The third kappa shape index (κ3) is 5.77. The van der Waals surface area contributed by atoms with E-state index < -0.39 is 0 Å². The van der Waals surface area contributed by atoms with Crippen molar-refractivity contribution < 1.29 is 0 Å². The van der Waals surface area contributed by atoms with Gasteiger partial charge in [0.05, 0.1) is 13.1 Å². The zero-order valence-electron chi connectivity index (χ0n) is 34.9. The normalized spacial score (nSPS) is 11.7. The molecule has 65 heavy (non-hydrogen) atoms. The molecule has 0 radical (unpaired) electrons. The molecule has 3 heteroatoms. The molecule has 0 saturated heterocycles. The Hall–Kier alpha value is -8.60. The maximum absolute atomic E-state index is 7.55. The summed E-state index contributed by atoms with van der Waals surface area (Å²) >= 11 is 1.89. The molecule has 0 bridgehead atoms. The average molecular weight is 839 g/mol. The van der Waals surface area contributed by atoms with Crippen LogP contribution in [0.3, 0.4) is 0 Å². The van der Waals surface area contributed by atoms with E-state index in [-0.39, 0.29) is 0 Å². The number of hydrogen-bond donors (Lipinski definition) is 0. The van der Waals surface area contributed by atoms with Gasteiger partial charge in [-0.25, -0.2) is 9.69 Å². The van der Waals surface area contributed by atoms with E-state index in [2.05, 4.69) is 167 Å². The predicted octanol–water partition coefficient (Wildman–Crippen LogP) is 18.7. The van der Waals surface area contributed by atoms with Gasteiger partial charge >= 0.3 is 0 Å². The Morgan fingerprint density at radius 3 is 1.29 bits per heavy atom. The molecule has 0 amide bonds. The molecule has 0 saturated carbocycles. The minimum absolute atomic E-state index is 0.615. The minimum atomic E-state index is 0.615. The first kappa shape index (κ1) is 37.0. The summed E-state index contributed by atoms with van der Waals surface area (Å²) < 4.78 is 2.63. The van der Waals surface area contributed by atoms with Crippen LogP contribution in [0.25, 0.3) is 139 Å². The van der Waals surface area contributed by atoms with Gasteiger partial charge in [0.15, 0.2) is 11.4 Å². The van der Waals surface area contributed by atoms with E-state index in [1.54, 1.807) is 0 Å². The maximum Gasteiger partial charge on any atom is 0.187 e. The first-order valence-corrected chi connectivity index (χ1v) is 22.6. The molecule has 0 aliphatic heterocycles. The second-order valence-electron chi connectivity index (χ2n) is 16.9. The monoisotopic (exact) mass is 838 g/mol. The Kier molecular flexibility index (Phi) is 8.24. The highest BCUT2D eigenvalue weighted by Crippen LogP contribution is 2.48. The molecular weight excluding hydrogens is 805 g/mol. The molecule has 0 N–H and O–H groups in total. The van der Waals surface area contributed by atoms with Gasteiger partial charge in [0.25, 0.3) is 0 Å². The molecule has 298 valence electrons. The number of nitrogens with zero attached hydrogens (tertiary/aromatic N) is 2. The summed E-state index contributed by atoms with van der Waals surface area (Å²) in [6.45, 7) is 15.1. The highest BCUT2D eigenvalue weighted by atomic mass is 32.1. The van der Waals surface area contributed by atoms with Gasteiger partial charge in [-0.2, -0.15) is 0 Å². The average Bonchev–Trinajstić information content (AvgIpc) is 3.75. The third-order valence-electron chi connectivity index (χ3n) is 13.4. The van der Waals surface area contributed by atoms with Crippen LogP contribution in [0.2, 0.25) is 0 Å². The summed E-state index contributed by atoms with van der Waals surface area (Å²) in [5.41, 5.74) is 10.1. The first-order valence-electron chi connectivity index (χ1n) is 21.8. The summed E-state index contributed by atoms with van der Waals surface area (Å²) in [6, 6.07) is 74.5. The van der Waals surface area contributed by atoms with Crippen LogP contribution in [0, 0.1) is 13.1 Å². The molecule has 2 nitrogen and oxygen atoms in total. The zero-order chi connectivity index (χ0) is 43.2. The Morgan fingerprint density at radius 2 is 0.723 bits per heavy atom. The Labute approximate surface area is 379 Å². The smallest absolute Gasteiger partial charge is 0.187 e. The van der Waals surface area contributed by atoms with E-state index in [4.69, 9.17) is 13.1 Å². The standard InChI is InChI=1S/C62H34N2S/c1-63-44-25-19-37(20-26-44)41-31-42(38-21-27-45(64-2)28-22-38)33-43(32-41)61-52-17-9-7-15-50(52)60(51-16-8-10-18-53(51)61)40-23-29-49-54(34-40)47-13-5-6-14-48(47)55-35-57-59(36-56(49)55)65-58-30-24-39-11-3-4-12-46(39)62(57)58/h3-36H. The summed E-state index contributed by atoms with van der Waals surface area (Å²) in [6.07, 6.45) is 0. The lowest BCUT2D eigenvalue weighted by Gasteiger charge is -2.20. The molecule has 12 aromatic carbocycles. The molecule has 0 spiro atoms. The van der Waals surface area contributed by atoms with Crippen LogP contribution in [0.4, 0.5) is 11.4 Å². The van der Waals surface area contributed by atoms with Crippen LogP contribution in [0.5, 0.6) is 0 Å². The van der Waals surface area contributed by atoms with Crippen molar-refractivity contribution in [2.45, 2.75) is 0 Å². The van der Waals surface area contributed by atoms with E-state index >= 15 is 0 Å².